The highest BCUT2D eigenvalue weighted by atomic mass is 16.5. The summed E-state index contributed by atoms with van der Waals surface area (Å²) in [5, 5.41) is 0. The van der Waals surface area contributed by atoms with Crippen LogP contribution in [0.25, 0.3) is 0 Å². The average Bonchev–Trinajstić information content (AvgIpc) is 2.99. The minimum Gasteiger partial charge on any atom is -0.493 e. The van der Waals surface area contributed by atoms with Crippen LogP contribution in [0.3, 0.4) is 0 Å². The Morgan fingerprint density at radius 3 is 2.33 bits per heavy atom. The summed E-state index contributed by atoms with van der Waals surface area (Å²) in [5.41, 5.74) is 2.62. The molecule has 1 aliphatic rings. The summed E-state index contributed by atoms with van der Waals surface area (Å²) >= 11 is 0. The summed E-state index contributed by atoms with van der Waals surface area (Å²) in [6.45, 7) is 4.74. The van der Waals surface area contributed by atoms with Crippen molar-refractivity contribution >= 4 is 17.7 Å². The van der Waals surface area contributed by atoms with Crippen molar-refractivity contribution in [3.63, 3.8) is 0 Å². The highest BCUT2D eigenvalue weighted by molar-refractivity contribution is 6.21. The fourth-order valence-corrected chi connectivity index (χ4v) is 3.55. The predicted octanol–water partition coefficient (Wildman–Crippen LogP) is 3.05. The number of carbonyl (C=O) groups is 3. The number of ether oxygens (including phenoxy) is 2. The Morgan fingerprint density at radius 2 is 1.67 bits per heavy atom. The second-order valence-corrected chi connectivity index (χ2v) is 7.16. The molecule has 0 fully saturated rings. The maximum absolute atomic E-state index is 12.8. The normalized spacial score (nSPS) is 12.7. The van der Waals surface area contributed by atoms with Crippen LogP contribution in [0, 0.1) is 6.92 Å². The van der Waals surface area contributed by atoms with Crippen molar-refractivity contribution in [3.05, 3.63) is 58.7 Å². The summed E-state index contributed by atoms with van der Waals surface area (Å²) in [6.07, 6.45) is 0.0750. The van der Waals surface area contributed by atoms with Gasteiger partial charge in [0.15, 0.2) is 11.5 Å². The number of hydrogen-bond donors (Lipinski definition) is 0. The lowest BCUT2D eigenvalue weighted by molar-refractivity contribution is -0.131. The molecule has 2 aromatic rings. The number of carbonyl (C=O) groups excluding carboxylic acids is 3. The van der Waals surface area contributed by atoms with Gasteiger partial charge in [0.1, 0.15) is 0 Å². The van der Waals surface area contributed by atoms with Crippen molar-refractivity contribution in [1.29, 1.82) is 0 Å². The molecule has 0 saturated carbocycles. The van der Waals surface area contributed by atoms with Gasteiger partial charge in [0.05, 0.1) is 25.3 Å². The molecule has 2 aromatic carbocycles. The zero-order chi connectivity index (χ0) is 21.8. The van der Waals surface area contributed by atoms with Crippen LogP contribution in [0.4, 0.5) is 0 Å². The van der Waals surface area contributed by atoms with Gasteiger partial charge >= 0.3 is 0 Å². The molecule has 3 rings (SSSR count). The first-order valence-corrected chi connectivity index (χ1v) is 9.85. The van der Waals surface area contributed by atoms with E-state index in [1.165, 1.54) is 0 Å². The van der Waals surface area contributed by atoms with Gasteiger partial charge in [0, 0.05) is 26.1 Å². The summed E-state index contributed by atoms with van der Waals surface area (Å²) < 4.78 is 10.6. The third-order valence-corrected chi connectivity index (χ3v) is 5.23. The fraction of sp³-hybridized carbons (Fsp3) is 0.348. The van der Waals surface area contributed by atoms with E-state index in [2.05, 4.69) is 0 Å². The van der Waals surface area contributed by atoms with Crippen LogP contribution >= 0.6 is 0 Å². The number of benzene rings is 2. The molecule has 0 bridgehead atoms. The number of imide groups is 1. The van der Waals surface area contributed by atoms with Crippen molar-refractivity contribution in [2.75, 3.05) is 27.3 Å². The number of nitrogens with zero attached hydrogens (tertiary/aromatic N) is 2. The summed E-state index contributed by atoms with van der Waals surface area (Å²) in [6, 6.07) is 10.7. The van der Waals surface area contributed by atoms with Gasteiger partial charge < -0.3 is 14.4 Å². The van der Waals surface area contributed by atoms with Crippen LogP contribution in [-0.4, -0.2) is 54.8 Å². The monoisotopic (exact) mass is 410 g/mol. The van der Waals surface area contributed by atoms with Gasteiger partial charge in [-0.25, -0.2) is 0 Å². The highest BCUT2D eigenvalue weighted by Crippen LogP contribution is 2.28. The smallest absolute Gasteiger partial charge is 0.261 e. The van der Waals surface area contributed by atoms with Crippen LogP contribution in [-0.2, 0) is 11.3 Å². The van der Waals surface area contributed by atoms with Gasteiger partial charge in [-0.3, -0.25) is 19.3 Å². The number of amides is 3. The zero-order valence-electron chi connectivity index (χ0n) is 17.7. The number of rotatable bonds is 8. The summed E-state index contributed by atoms with van der Waals surface area (Å²) in [5.74, 6) is 0.413. The molecule has 0 spiro atoms. The standard InChI is InChI=1S/C23H26N2O5/c1-5-24(14-16-7-9-19(29-3)20(13-16)30-4)21(26)10-11-25-22(27)17-8-6-15(2)12-18(17)23(25)28/h6-9,12-13H,5,10-11,14H2,1-4H3. The van der Waals surface area contributed by atoms with Gasteiger partial charge in [-0.15, -0.1) is 0 Å². The molecule has 0 saturated heterocycles. The molecule has 0 radical (unpaired) electrons. The Kier molecular flexibility index (Phi) is 6.40. The van der Waals surface area contributed by atoms with Gasteiger partial charge in [-0.2, -0.15) is 0 Å². The molecular formula is C23H26N2O5. The second-order valence-electron chi connectivity index (χ2n) is 7.16. The molecule has 0 atom stereocenters. The molecule has 1 aliphatic heterocycles. The number of hydrogen-bond acceptors (Lipinski definition) is 5. The van der Waals surface area contributed by atoms with Crippen LogP contribution in [0.1, 0.15) is 45.2 Å². The van der Waals surface area contributed by atoms with Crippen LogP contribution < -0.4 is 9.47 Å². The van der Waals surface area contributed by atoms with E-state index in [-0.39, 0.29) is 30.7 Å². The van der Waals surface area contributed by atoms with Crippen molar-refractivity contribution in [2.24, 2.45) is 0 Å². The molecule has 0 unspecified atom stereocenters. The van der Waals surface area contributed by atoms with Gasteiger partial charge in [0.2, 0.25) is 5.91 Å². The van der Waals surface area contributed by atoms with E-state index in [1.54, 1.807) is 43.4 Å². The predicted molar refractivity (Wildman–Crippen MR) is 112 cm³/mol. The van der Waals surface area contributed by atoms with Gasteiger partial charge in [-0.05, 0) is 43.7 Å². The molecule has 158 valence electrons. The second kappa shape index (κ2) is 8.98. The lowest BCUT2D eigenvalue weighted by atomic mass is 10.1. The Balaban J connectivity index is 1.65. The summed E-state index contributed by atoms with van der Waals surface area (Å²) in [7, 11) is 3.13. The van der Waals surface area contributed by atoms with Crippen molar-refractivity contribution < 1.29 is 23.9 Å². The first kappa shape index (κ1) is 21.4. The van der Waals surface area contributed by atoms with E-state index in [4.69, 9.17) is 9.47 Å². The van der Waals surface area contributed by atoms with Gasteiger partial charge in [0.25, 0.3) is 11.8 Å². The summed E-state index contributed by atoms with van der Waals surface area (Å²) in [4.78, 5) is 40.8. The topological polar surface area (TPSA) is 76.2 Å². The molecule has 30 heavy (non-hydrogen) atoms. The minimum absolute atomic E-state index is 0.0622. The van der Waals surface area contributed by atoms with E-state index >= 15 is 0 Å². The molecule has 7 heteroatoms. The lowest BCUT2D eigenvalue weighted by Gasteiger charge is -2.23. The molecule has 1 heterocycles. The number of fused-ring (bicyclic) bond motifs is 1. The molecule has 0 N–H and O–H groups in total. The average molecular weight is 410 g/mol. The number of aryl methyl sites for hydroxylation is 1. The van der Waals surface area contributed by atoms with Crippen LogP contribution in [0.5, 0.6) is 11.5 Å². The Bertz CT molecular complexity index is 986. The van der Waals surface area contributed by atoms with Gasteiger partial charge in [-0.1, -0.05) is 17.7 Å². The zero-order valence-corrected chi connectivity index (χ0v) is 17.7. The maximum Gasteiger partial charge on any atom is 0.261 e. The van der Waals surface area contributed by atoms with E-state index < -0.39 is 0 Å². The molecule has 0 aliphatic carbocycles. The van der Waals surface area contributed by atoms with E-state index in [1.807, 2.05) is 26.0 Å². The third kappa shape index (κ3) is 4.15. The molecule has 0 aromatic heterocycles. The third-order valence-electron chi connectivity index (χ3n) is 5.23. The van der Waals surface area contributed by atoms with Crippen molar-refractivity contribution in [1.82, 2.24) is 9.80 Å². The molecule has 3 amide bonds. The first-order chi connectivity index (χ1) is 14.4. The fourth-order valence-electron chi connectivity index (χ4n) is 3.55. The van der Waals surface area contributed by atoms with E-state index in [0.29, 0.717) is 35.7 Å². The van der Waals surface area contributed by atoms with E-state index in [9.17, 15) is 14.4 Å². The minimum atomic E-state index is -0.342. The molecule has 7 nitrogen and oxygen atoms in total. The Hall–Kier alpha value is -3.35. The first-order valence-electron chi connectivity index (χ1n) is 9.85. The SMILES string of the molecule is CCN(Cc1ccc(OC)c(OC)c1)C(=O)CCN1C(=O)c2ccc(C)cc2C1=O. The number of methoxy groups -OCH3 is 2. The van der Waals surface area contributed by atoms with Crippen molar-refractivity contribution in [2.45, 2.75) is 26.8 Å². The van der Waals surface area contributed by atoms with Crippen molar-refractivity contribution in [3.8, 4) is 11.5 Å². The maximum atomic E-state index is 12.8. The largest absolute Gasteiger partial charge is 0.493 e. The van der Waals surface area contributed by atoms with E-state index in [0.717, 1.165) is 16.0 Å². The Labute approximate surface area is 176 Å². The highest BCUT2D eigenvalue weighted by Gasteiger charge is 2.35. The lowest BCUT2D eigenvalue weighted by Crippen LogP contribution is -2.36. The quantitative estimate of drug-likeness (QED) is 0.625. The van der Waals surface area contributed by atoms with Crippen LogP contribution in [0.15, 0.2) is 36.4 Å². The molecular weight excluding hydrogens is 384 g/mol. The Morgan fingerprint density at radius 1 is 0.967 bits per heavy atom. The van der Waals surface area contributed by atoms with Crippen LogP contribution in [0.2, 0.25) is 0 Å².